The number of imidazole rings is 1. The molecule has 1 N–H and O–H groups in total. The lowest BCUT2D eigenvalue weighted by Crippen LogP contribution is -2.14. The summed E-state index contributed by atoms with van der Waals surface area (Å²) in [4.78, 5) is 13.2. The third-order valence-electron chi connectivity index (χ3n) is 3.79. The number of nitrogens with one attached hydrogen (secondary N) is 1. The van der Waals surface area contributed by atoms with E-state index in [2.05, 4.69) is 20.3 Å². The van der Waals surface area contributed by atoms with Crippen molar-refractivity contribution in [3.05, 3.63) is 72.3 Å². The van der Waals surface area contributed by atoms with E-state index in [0.717, 1.165) is 16.7 Å². The van der Waals surface area contributed by atoms with Crippen LogP contribution in [0, 0.1) is 0 Å². The molecule has 0 amide bonds. The second kappa shape index (κ2) is 7.41. The Hall–Kier alpha value is -3.12. The van der Waals surface area contributed by atoms with Gasteiger partial charge in [0.15, 0.2) is 0 Å². The zero-order valence-corrected chi connectivity index (χ0v) is 14.6. The van der Waals surface area contributed by atoms with Crippen molar-refractivity contribution in [3.8, 4) is 11.7 Å². The van der Waals surface area contributed by atoms with Gasteiger partial charge in [-0.05, 0) is 30.3 Å². The van der Waals surface area contributed by atoms with E-state index in [1.165, 1.54) is 0 Å². The number of aromatic nitrogens is 4. The van der Waals surface area contributed by atoms with Crippen molar-refractivity contribution >= 4 is 28.3 Å². The topological polar surface area (TPSA) is 64.9 Å². The first-order chi connectivity index (χ1) is 12.8. The van der Waals surface area contributed by atoms with Crippen molar-refractivity contribution in [2.24, 2.45) is 0 Å². The molecular formula is C19H16ClN5O. The van der Waals surface area contributed by atoms with Crippen LogP contribution in [-0.4, -0.2) is 32.7 Å². The molecule has 2 aromatic carbocycles. The van der Waals surface area contributed by atoms with Crippen LogP contribution in [0.15, 0.2) is 67.3 Å². The van der Waals surface area contributed by atoms with E-state index in [0.29, 0.717) is 29.9 Å². The SMILES string of the molecule is Clc1ccc2nc(-n3ccnc3)nc(NCCOc3ccccc3)c2c1. The van der Waals surface area contributed by atoms with Crippen LogP contribution in [0.2, 0.25) is 5.02 Å². The Kier molecular flexibility index (Phi) is 4.66. The average Bonchev–Trinajstić information content (AvgIpc) is 3.21. The van der Waals surface area contributed by atoms with Gasteiger partial charge in [-0.25, -0.2) is 9.97 Å². The molecule has 0 bridgehead atoms. The molecule has 2 heterocycles. The molecule has 0 fully saturated rings. The molecule has 0 unspecified atom stereocenters. The lowest BCUT2D eigenvalue weighted by atomic mass is 10.2. The van der Waals surface area contributed by atoms with Gasteiger partial charge in [0.1, 0.15) is 24.5 Å². The van der Waals surface area contributed by atoms with E-state index in [1.807, 2.05) is 48.5 Å². The number of benzene rings is 2. The lowest BCUT2D eigenvalue weighted by molar-refractivity contribution is 0.333. The van der Waals surface area contributed by atoms with Gasteiger partial charge in [-0.3, -0.25) is 4.57 Å². The summed E-state index contributed by atoms with van der Waals surface area (Å²) < 4.78 is 7.48. The van der Waals surface area contributed by atoms with Gasteiger partial charge < -0.3 is 10.1 Å². The Morgan fingerprint density at radius 1 is 1.08 bits per heavy atom. The minimum absolute atomic E-state index is 0.510. The summed E-state index contributed by atoms with van der Waals surface area (Å²) >= 11 is 6.15. The van der Waals surface area contributed by atoms with Gasteiger partial charge in [0.2, 0.25) is 5.95 Å². The maximum atomic E-state index is 6.15. The quantitative estimate of drug-likeness (QED) is 0.524. The summed E-state index contributed by atoms with van der Waals surface area (Å²) in [6, 6.07) is 15.3. The third kappa shape index (κ3) is 3.60. The van der Waals surface area contributed by atoms with Crippen LogP contribution < -0.4 is 10.1 Å². The number of ether oxygens (including phenoxy) is 1. The highest BCUT2D eigenvalue weighted by Crippen LogP contribution is 2.25. The minimum Gasteiger partial charge on any atom is -0.492 e. The van der Waals surface area contributed by atoms with Crippen molar-refractivity contribution in [1.82, 2.24) is 19.5 Å². The maximum absolute atomic E-state index is 6.15. The zero-order chi connectivity index (χ0) is 17.8. The van der Waals surface area contributed by atoms with Gasteiger partial charge in [-0.2, -0.15) is 4.98 Å². The number of nitrogens with zero attached hydrogens (tertiary/aromatic N) is 4. The van der Waals surface area contributed by atoms with E-state index >= 15 is 0 Å². The standard InChI is InChI=1S/C19H16ClN5O/c20-14-6-7-17-16(12-14)18(24-19(23-17)25-10-8-21-13-25)22-9-11-26-15-4-2-1-3-5-15/h1-8,10,12-13H,9,11H2,(H,22,23,24). The molecule has 0 saturated carbocycles. The first-order valence-corrected chi connectivity index (χ1v) is 8.55. The number of anilines is 1. The predicted octanol–water partition coefficient (Wildman–Crippen LogP) is 3.96. The average molecular weight is 366 g/mol. The molecule has 0 aliphatic carbocycles. The first-order valence-electron chi connectivity index (χ1n) is 8.17. The fourth-order valence-corrected chi connectivity index (χ4v) is 2.74. The zero-order valence-electron chi connectivity index (χ0n) is 13.8. The summed E-state index contributed by atoms with van der Waals surface area (Å²) in [5.74, 6) is 2.09. The highest BCUT2D eigenvalue weighted by Gasteiger charge is 2.09. The van der Waals surface area contributed by atoms with Crippen molar-refractivity contribution in [1.29, 1.82) is 0 Å². The molecule has 26 heavy (non-hydrogen) atoms. The normalized spacial score (nSPS) is 10.8. The monoisotopic (exact) mass is 365 g/mol. The summed E-state index contributed by atoms with van der Waals surface area (Å²) in [7, 11) is 0. The Morgan fingerprint density at radius 3 is 2.77 bits per heavy atom. The van der Waals surface area contributed by atoms with Gasteiger partial charge in [-0.1, -0.05) is 29.8 Å². The van der Waals surface area contributed by atoms with E-state index in [-0.39, 0.29) is 0 Å². The third-order valence-corrected chi connectivity index (χ3v) is 4.02. The van der Waals surface area contributed by atoms with Gasteiger partial charge in [0.25, 0.3) is 0 Å². The van der Waals surface area contributed by atoms with Crippen LogP contribution in [-0.2, 0) is 0 Å². The molecule has 0 radical (unpaired) electrons. The molecule has 0 saturated heterocycles. The number of halogens is 1. The van der Waals surface area contributed by atoms with Crippen molar-refractivity contribution in [2.45, 2.75) is 0 Å². The van der Waals surface area contributed by atoms with E-state index in [1.54, 1.807) is 23.3 Å². The molecule has 0 aliphatic heterocycles. The number of hydrogen-bond donors (Lipinski definition) is 1. The second-order valence-electron chi connectivity index (χ2n) is 5.59. The molecule has 7 heteroatoms. The first kappa shape index (κ1) is 16.4. The van der Waals surface area contributed by atoms with Crippen molar-refractivity contribution in [2.75, 3.05) is 18.5 Å². The Bertz CT molecular complexity index is 1010. The Morgan fingerprint density at radius 2 is 1.96 bits per heavy atom. The maximum Gasteiger partial charge on any atom is 0.237 e. The predicted molar refractivity (Wildman–Crippen MR) is 102 cm³/mol. The molecule has 0 aliphatic rings. The fraction of sp³-hybridized carbons (Fsp3) is 0.105. The number of hydrogen-bond acceptors (Lipinski definition) is 5. The van der Waals surface area contributed by atoms with Crippen LogP contribution in [0.3, 0.4) is 0 Å². The van der Waals surface area contributed by atoms with E-state index in [4.69, 9.17) is 16.3 Å². The highest BCUT2D eigenvalue weighted by molar-refractivity contribution is 6.31. The number of fused-ring (bicyclic) bond motifs is 1. The van der Waals surface area contributed by atoms with Crippen molar-refractivity contribution < 1.29 is 4.74 Å². The fourth-order valence-electron chi connectivity index (χ4n) is 2.57. The van der Waals surface area contributed by atoms with Crippen LogP contribution in [0.4, 0.5) is 5.82 Å². The largest absolute Gasteiger partial charge is 0.492 e. The Labute approximate surface area is 155 Å². The molecule has 0 atom stereocenters. The minimum atomic E-state index is 0.510. The van der Waals surface area contributed by atoms with Gasteiger partial charge in [0, 0.05) is 22.8 Å². The van der Waals surface area contributed by atoms with Gasteiger partial charge >= 0.3 is 0 Å². The van der Waals surface area contributed by atoms with Gasteiger partial charge in [-0.15, -0.1) is 0 Å². The molecule has 4 rings (SSSR count). The second-order valence-corrected chi connectivity index (χ2v) is 6.03. The van der Waals surface area contributed by atoms with Crippen LogP contribution in [0.1, 0.15) is 0 Å². The summed E-state index contributed by atoms with van der Waals surface area (Å²) in [6.07, 6.45) is 5.16. The Balaban J connectivity index is 1.57. The van der Waals surface area contributed by atoms with E-state index in [9.17, 15) is 0 Å². The van der Waals surface area contributed by atoms with Crippen LogP contribution in [0.5, 0.6) is 5.75 Å². The lowest BCUT2D eigenvalue weighted by Gasteiger charge is -2.12. The van der Waals surface area contributed by atoms with Crippen LogP contribution in [0.25, 0.3) is 16.9 Å². The smallest absolute Gasteiger partial charge is 0.237 e. The van der Waals surface area contributed by atoms with Crippen LogP contribution >= 0.6 is 11.6 Å². The van der Waals surface area contributed by atoms with Crippen molar-refractivity contribution in [3.63, 3.8) is 0 Å². The summed E-state index contributed by atoms with van der Waals surface area (Å²) in [5.41, 5.74) is 0.805. The number of rotatable bonds is 6. The molecule has 0 spiro atoms. The van der Waals surface area contributed by atoms with E-state index < -0.39 is 0 Å². The highest BCUT2D eigenvalue weighted by atomic mass is 35.5. The molecule has 130 valence electrons. The molecule has 6 nitrogen and oxygen atoms in total. The summed E-state index contributed by atoms with van der Waals surface area (Å²) in [5, 5.41) is 4.82. The van der Waals surface area contributed by atoms with Gasteiger partial charge in [0.05, 0.1) is 12.1 Å². The molecule has 2 aromatic heterocycles. The summed E-state index contributed by atoms with van der Waals surface area (Å²) in [6.45, 7) is 1.10. The number of para-hydroxylation sites is 1. The molecule has 4 aromatic rings. The molecular weight excluding hydrogens is 350 g/mol.